The van der Waals surface area contributed by atoms with Gasteiger partial charge in [-0.1, -0.05) is 0 Å². The molecule has 0 aliphatic heterocycles. The molecule has 0 bridgehead atoms. The molecule has 0 saturated carbocycles. The number of carboxylic acids is 1. The van der Waals surface area contributed by atoms with Gasteiger partial charge in [-0.15, -0.1) is 0 Å². The van der Waals surface area contributed by atoms with E-state index in [4.69, 9.17) is 5.11 Å². The number of carboxylic acid groups (broad SMARTS) is 1. The standard InChI is InChI=1S/C14H16F6O8/c1-6(26-11(24)13(15,16)17)8(4-3-5-9(21)22)10(23)27-7(2)28-12(25)14(18,19)20/h6-8H,3-5H2,1-2H3,(H,21,22). The van der Waals surface area contributed by atoms with E-state index in [1.807, 2.05) is 0 Å². The SMILES string of the molecule is CC(OC(=O)C(CCCC(=O)O)C(C)OC(=O)C(F)(F)F)OC(=O)C(F)(F)F. The van der Waals surface area contributed by atoms with E-state index >= 15 is 0 Å². The van der Waals surface area contributed by atoms with Gasteiger partial charge in [0.25, 0.3) is 0 Å². The van der Waals surface area contributed by atoms with Crippen LogP contribution < -0.4 is 0 Å². The topological polar surface area (TPSA) is 116 Å². The Morgan fingerprint density at radius 3 is 1.75 bits per heavy atom. The first-order valence-corrected chi connectivity index (χ1v) is 7.53. The van der Waals surface area contributed by atoms with Crippen LogP contribution in [-0.2, 0) is 33.4 Å². The molecule has 1 N–H and O–H groups in total. The number of aliphatic carboxylic acids is 1. The molecule has 0 aromatic rings. The Morgan fingerprint density at radius 1 is 0.857 bits per heavy atom. The Kier molecular flexibility index (Phi) is 9.21. The third-order valence-electron chi connectivity index (χ3n) is 3.09. The summed E-state index contributed by atoms with van der Waals surface area (Å²) in [5.41, 5.74) is 0. The van der Waals surface area contributed by atoms with Crippen LogP contribution in [0.2, 0.25) is 0 Å². The molecule has 0 amide bonds. The van der Waals surface area contributed by atoms with Crippen molar-refractivity contribution in [3.05, 3.63) is 0 Å². The largest absolute Gasteiger partial charge is 0.491 e. The zero-order valence-electron chi connectivity index (χ0n) is 14.4. The number of carbonyl (C=O) groups is 4. The first kappa shape index (κ1) is 25.5. The van der Waals surface area contributed by atoms with Gasteiger partial charge in [0.15, 0.2) is 0 Å². The van der Waals surface area contributed by atoms with Gasteiger partial charge < -0.3 is 19.3 Å². The van der Waals surface area contributed by atoms with Crippen molar-refractivity contribution < 1.29 is 64.8 Å². The third-order valence-corrected chi connectivity index (χ3v) is 3.09. The third kappa shape index (κ3) is 9.41. The summed E-state index contributed by atoms with van der Waals surface area (Å²) in [6.07, 6.45) is -15.8. The lowest BCUT2D eigenvalue weighted by Crippen LogP contribution is -2.38. The van der Waals surface area contributed by atoms with Crippen molar-refractivity contribution in [2.75, 3.05) is 0 Å². The number of alkyl halides is 6. The van der Waals surface area contributed by atoms with Gasteiger partial charge in [0.05, 0.1) is 5.92 Å². The molecule has 3 atom stereocenters. The predicted octanol–water partition coefficient (Wildman–Crippen LogP) is 2.35. The van der Waals surface area contributed by atoms with Crippen LogP contribution >= 0.6 is 0 Å². The number of halogens is 6. The zero-order chi connectivity index (χ0) is 22.3. The van der Waals surface area contributed by atoms with E-state index in [2.05, 4.69) is 14.2 Å². The minimum absolute atomic E-state index is 0.250. The van der Waals surface area contributed by atoms with E-state index in [-0.39, 0.29) is 6.42 Å². The summed E-state index contributed by atoms with van der Waals surface area (Å²) in [6.45, 7) is 1.62. The molecule has 0 spiro atoms. The van der Waals surface area contributed by atoms with Gasteiger partial charge in [-0.2, -0.15) is 26.3 Å². The minimum Gasteiger partial charge on any atom is -0.481 e. The number of carbonyl (C=O) groups excluding carboxylic acids is 3. The smallest absolute Gasteiger partial charge is 0.481 e. The summed E-state index contributed by atoms with van der Waals surface area (Å²) in [7, 11) is 0. The maximum atomic E-state index is 12.3. The summed E-state index contributed by atoms with van der Waals surface area (Å²) in [5.74, 6) is -9.70. The number of rotatable bonds is 9. The Hall–Kier alpha value is -2.54. The Morgan fingerprint density at radius 2 is 1.32 bits per heavy atom. The average Bonchev–Trinajstić information content (AvgIpc) is 2.48. The van der Waals surface area contributed by atoms with Crippen molar-refractivity contribution in [3.63, 3.8) is 0 Å². The van der Waals surface area contributed by atoms with Gasteiger partial charge >= 0.3 is 36.2 Å². The van der Waals surface area contributed by atoms with Crippen LogP contribution in [0.4, 0.5) is 26.3 Å². The van der Waals surface area contributed by atoms with Crippen molar-refractivity contribution >= 4 is 23.9 Å². The molecule has 0 radical (unpaired) electrons. The molecule has 28 heavy (non-hydrogen) atoms. The van der Waals surface area contributed by atoms with Crippen LogP contribution in [0.5, 0.6) is 0 Å². The summed E-state index contributed by atoms with van der Waals surface area (Å²) in [5, 5.41) is 8.56. The number of esters is 3. The highest BCUT2D eigenvalue weighted by atomic mass is 19.4. The van der Waals surface area contributed by atoms with E-state index in [9.17, 15) is 45.5 Å². The second-order valence-electron chi connectivity index (χ2n) is 5.41. The van der Waals surface area contributed by atoms with E-state index in [1.54, 1.807) is 0 Å². The predicted molar refractivity (Wildman–Crippen MR) is 74.3 cm³/mol. The fourth-order valence-electron chi connectivity index (χ4n) is 1.83. The molecular formula is C14H16F6O8. The van der Waals surface area contributed by atoms with Crippen LogP contribution in [0.25, 0.3) is 0 Å². The first-order valence-electron chi connectivity index (χ1n) is 7.53. The highest BCUT2D eigenvalue weighted by molar-refractivity contribution is 5.78. The quantitative estimate of drug-likeness (QED) is 0.339. The molecule has 0 aliphatic rings. The monoisotopic (exact) mass is 426 g/mol. The van der Waals surface area contributed by atoms with Crippen LogP contribution in [0.3, 0.4) is 0 Å². The summed E-state index contributed by atoms with van der Waals surface area (Å²) < 4.78 is 85.4. The van der Waals surface area contributed by atoms with Crippen molar-refractivity contribution in [2.24, 2.45) is 5.92 Å². The second-order valence-corrected chi connectivity index (χ2v) is 5.41. The van der Waals surface area contributed by atoms with Gasteiger partial charge in [-0.05, 0) is 19.8 Å². The van der Waals surface area contributed by atoms with Crippen molar-refractivity contribution in [1.29, 1.82) is 0 Å². The van der Waals surface area contributed by atoms with E-state index < -0.39 is 67.4 Å². The number of hydrogen-bond acceptors (Lipinski definition) is 7. The molecular weight excluding hydrogens is 410 g/mol. The molecule has 0 fully saturated rings. The Balaban J connectivity index is 5.11. The number of hydrogen-bond donors (Lipinski definition) is 1. The Bertz CT molecular complexity index is 585. The number of ether oxygens (including phenoxy) is 3. The lowest BCUT2D eigenvalue weighted by atomic mass is 9.96. The molecule has 0 aromatic heterocycles. The molecule has 0 heterocycles. The molecule has 0 saturated heterocycles. The van der Waals surface area contributed by atoms with Crippen molar-refractivity contribution in [2.45, 2.75) is 57.9 Å². The first-order chi connectivity index (χ1) is 12.6. The molecule has 14 heteroatoms. The van der Waals surface area contributed by atoms with Crippen LogP contribution in [0, 0.1) is 5.92 Å². The molecule has 3 unspecified atom stereocenters. The maximum Gasteiger partial charge on any atom is 0.491 e. The zero-order valence-corrected chi connectivity index (χ0v) is 14.4. The van der Waals surface area contributed by atoms with Crippen LogP contribution in [0.1, 0.15) is 33.1 Å². The highest BCUT2D eigenvalue weighted by Gasteiger charge is 2.44. The van der Waals surface area contributed by atoms with E-state index in [0.717, 1.165) is 13.8 Å². The normalized spacial score (nSPS) is 15.1. The maximum absolute atomic E-state index is 12.3. The molecule has 0 aromatic carbocycles. The van der Waals surface area contributed by atoms with Crippen molar-refractivity contribution in [3.8, 4) is 0 Å². The summed E-state index contributed by atoms with van der Waals surface area (Å²) in [6, 6.07) is 0. The minimum atomic E-state index is -5.38. The van der Waals surface area contributed by atoms with Gasteiger partial charge in [0, 0.05) is 13.3 Å². The Labute approximate surface area is 153 Å². The van der Waals surface area contributed by atoms with Crippen LogP contribution in [-0.4, -0.2) is 53.7 Å². The molecule has 162 valence electrons. The van der Waals surface area contributed by atoms with Crippen LogP contribution in [0.15, 0.2) is 0 Å². The van der Waals surface area contributed by atoms with Gasteiger partial charge in [-0.3, -0.25) is 9.59 Å². The van der Waals surface area contributed by atoms with E-state index in [1.165, 1.54) is 0 Å². The van der Waals surface area contributed by atoms with Crippen molar-refractivity contribution in [1.82, 2.24) is 0 Å². The van der Waals surface area contributed by atoms with Gasteiger partial charge in [0.1, 0.15) is 6.10 Å². The lowest BCUT2D eigenvalue weighted by Gasteiger charge is -2.24. The fraction of sp³-hybridized carbons (Fsp3) is 0.714. The molecule has 0 rings (SSSR count). The second kappa shape index (κ2) is 10.1. The molecule has 0 aliphatic carbocycles. The highest BCUT2D eigenvalue weighted by Crippen LogP contribution is 2.24. The van der Waals surface area contributed by atoms with Gasteiger partial charge in [0.2, 0.25) is 6.29 Å². The summed E-state index contributed by atoms with van der Waals surface area (Å²) >= 11 is 0. The summed E-state index contributed by atoms with van der Waals surface area (Å²) in [4.78, 5) is 44.1. The van der Waals surface area contributed by atoms with E-state index in [0.29, 0.717) is 0 Å². The lowest BCUT2D eigenvalue weighted by molar-refractivity contribution is -0.225. The molecule has 8 nitrogen and oxygen atoms in total. The fourth-order valence-corrected chi connectivity index (χ4v) is 1.83. The van der Waals surface area contributed by atoms with Gasteiger partial charge in [-0.25, -0.2) is 9.59 Å². The average molecular weight is 426 g/mol.